The van der Waals surface area contributed by atoms with E-state index in [1.165, 1.54) is 11.6 Å². The molecule has 0 saturated carbocycles. The predicted octanol–water partition coefficient (Wildman–Crippen LogP) is 3.67. The topological polar surface area (TPSA) is 70.2 Å². The summed E-state index contributed by atoms with van der Waals surface area (Å²) >= 11 is 0. The minimum atomic E-state index is -0.413. The first kappa shape index (κ1) is 14.8. The van der Waals surface area contributed by atoms with E-state index in [1.807, 2.05) is 31.2 Å². The largest absolute Gasteiger partial charge is 0.471 e. The van der Waals surface area contributed by atoms with E-state index >= 15 is 0 Å². The highest BCUT2D eigenvalue weighted by molar-refractivity contribution is 5.39. The number of aromatic nitrogens is 2. The van der Waals surface area contributed by atoms with E-state index in [9.17, 15) is 10.1 Å². The summed E-state index contributed by atoms with van der Waals surface area (Å²) in [6, 6.07) is 16.2. The van der Waals surface area contributed by atoms with Crippen LogP contribution in [0.3, 0.4) is 0 Å². The van der Waals surface area contributed by atoms with Crippen LogP contribution < -0.4 is 4.74 Å². The van der Waals surface area contributed by atoms with Crippen LogP contribution in [-0.4, -0.2) is 14.7 Å². The van der Waals surface area contributed by atoms with E-state index in [0.29, 0.717) is 11.4 Å². The number of ether oxygens (including phenoxy) is 1. The fourth-order valence-electron chi connectivity index (χ4n) is 2.19. The molecule has 3 rings (SSSR count). The number of benzene rings is 2. The third-order valence-electron chi connectivity index (χ3n) is 3.43. The molecule has 116 valence electrons. The van der Waals surface area contributed by atoms with E-state index in [2.05, 4.69) is 5.10 Å². The number of rotatable bonds is 5. The molecule has 2 aromatic carbocycles. The average Bonchev–Trinajstić information content (AvgIpc) is 3.03. The standard InChI is InChI=1S/C17H15N3O3/c1-13-6-8-15(9-7-13)19-11-10-17(18-19)23-12-14-4-2-3-5-16(14)20(21)22/h2-11H,12H2,1H3. The zero-order chi connectivity index (χ0) is 16.2. The molecule has 0 atom stereocenters. The van der Waals surface area contributed by atoms with E-state index in [4.69, 9.17) is 4.74 Å². The number of nitrogens with zero attached hydrogens (tertiary/aromatic N) is 3. The summed E-state index contributed by atoms with van der Waals surface area (Å²) in [5.74, 6) is 0.420. The third-order valence-corrected chi connectivity index (χ3v) is 3.43. The molecule has 0 N–H and O–H groups in total. The average molecular weight is 309 g/mol. The second-order valence-corrected chi connectivity index (χ2v) is 5.11. The highest BCUT2D eigenvalue weighted by Gasteiger charge is 2.13. The maximum atomic E-state index is 11.0. The molecule has 0 radical (unpaired) electrons. The monoisotopic (exact) mass is 309 g/mol. The number of aryl methyl sites for hydroxylation is 1. The number of hydrogen-bond acceptors (Lipinski definition) is 4. The molecule has 3 aromatic rings. The van der Waals surface area contributed by atoms with Gasteiger partial charge in [0.2, 0.25) is 5.88 Å². The molecule has 0 spiro atoms. The van der Waals surface area contributed by atoms with Gasteiger partial charge in [-0.1, -0.05) is 29.8 Å². The molecular formula is C17H15N3O3. The molecule has 0 fully saturated rings. The summed E-state index contributed by atoms with van der Waals surface area (Å²) in [5, 5.41) is 15.3. The Morgan fingerprint density at radius 1 is 1.13 bits per heavy atom. The highest BCUT2D eigenvalue weighted by atomic mass is 16.6. The van der Waals surface area contributed by atoms with E-state index in [-0.39, 0.29) is 12.3 Å². The predicted molar refractivity (Wildman–Crippen MR) is 85.7 cm³/mol. The van der Waals surface area contributed by atoms with Crippen molar-refractivity contribution in [3.05, 3.63) is 82.0 Å². The molecule has 23 heavy (non-hydrogen) atoms. The summed E-state index contributed by atoms with van der Waals surface area (Å²) in [7, 11) is 0. The summed E-state index contributed by atoms with van der Waals surface area (Å²) < 4.78 is 7.27. The Morgan fingerprint density at radius 3 is 2.61 bits per heavy atom. The van der Waals surface area contributed by atoms with Gasteiger partial charge in [-0.05, 0) is 25.1 Å². The summed E-state index contributed by atoms with van der Waals surface area (Å²) in [5.41, 5.74) is 2.66. The van der Waals surface area contributed by atoms with Crippen molar-refractivity contribution in [3.63, 3.8) is 0 Å². The number of para-hydroxylation sites is 1. The van der Waals surface area contributed by atoms with Crippen molar-refractivity contribution in [2.45, 2.75) is 13.5 Å². The van der Waals surface area contributed by atoms with Gasteiger partial charge < -0.3 is 4.74 Å². The van der Waals surface area contributed by atoms with Crippen LogP contribution in [0.25, 0.3) is 5.69 Å². The first-order valence-corrected chi connectivity index (χ1v) is 7.11. The lowest BCUT2D eigenvalue weighted by molar-refractivity contribution is -0.385. The van der Waals surface area contributed by atoms with Gasteiger partial charge in [-0.25, -0.2) is 4.68 Å². The van der Waals surface area contributed by atoms with Gasteiger partial charge in [0, 0.05) is 18.3 Å². The van der Waals surface area contributed by atoms with Crippen molar-refractivity contribution in [2.24, 2.45) is 0 Å². The maximum Gasteiger partial charge on any atom is 0.276 e. The van der Waals surface area contributed by atoms with Gasteiger partial charge in [0.15, 0.2) is 0 Å². The van der Waals surface area contributed by atoms with Crippen LogP contribution in [0.2, 0.25) is 0 Å². The first-order chi connectivity index (χ1) is 11.1. The molecule has 6 heteroatoms. The molecule has 0 aliphatic rings. The molecular weight excluding hydrogens is 294 g/mol. The Balaban J connectivity index is 1.73. The van der Waals surface area contributed by atoms with Crippen LogP contribution in [0.5, 0.6) is 5.88 Å². The van der Waals surface area contributed by atoms with Crippen LogP contribution >= 0.6 is 0 Å². The maximum absolute atomic E-state index is 11.0. The van der Waals surface area contributed by atoms with Crippen molar-refractivity contribution >= 4 is 5.69 Å². The quantitative estimate of drug-likeness (QED) is 0.532. The highest BCUT2D eigenvalue weighted by Crippen LogP contribution is 2.20. The van der Waals surface area contributed by atoms with Crippen LogP contribution in [0, 0.1) is 17.0 Å². The summed E-state index contributed by atoms with van der Waals surface area (Å²) in [4.78, 5) is 10.6. The zero-order valence-corrected chi connectivity index (χ0v) is 12.5. The minimum Gasteiger partial charge on any atom is -0.471 e. The van der Waals surface area contributed by atoms with Crippen molar-refractivity contribution in [3.8, 4) is 11.6 Å². The second kappa shape index (κ2) is 6.31. The SMILES string of the molecule is Cc1ccc(-n2ccc(OCc3ccccc3[N+](=O)[O-])n2)cc1. The third kappa shape index (κ3) is 3.37. The second-order valence-electron chi connectivity index (χ2n) is 5.11. The Labute approximate surface area is 133 Å². The van der Waals surface area contributed by atoms with Gasteiger partial charge in [0.25, 0.3) is 5.69 Å². The molecule has 0 aliphatic carbocycles. The van der Waals surface area contributed by atoms with Gasteiger partial charge in [0.05, 0.1) is 16.2 Å². The lowest BCUT2D eigenvalue weighted by Gasteiger charge is -2.04. The Kier molecular flexibility index (Phi) is 4.05. The van der Waals surface area contributed by atoms with Crippen LogP contribution in [0.15, 0.2) is 60.8 Å². The van der Waals surface area contributed by atoms with E-state index < -0.39 is 4.92 Å². The first-order valence-electron chi connectivity index (χ1n) is 7.11. The smallest absolute Gasteiger partial charge is 0.276 e. The Morgan fingerprint density at radius 2 is 1.87 bits per heavy atom. The van der Waals surface area contributed by atoms with Gasteiger partial charge in [0.1, 0.15) is 6.61 Å². The van der Waals surface area contributed by atoms with E-state index in [0.717, 1.165) is 5.69 Å². The molecule has 6 nitrogen and oxygen atoms in total. The van der Waals surface area contributed by atoms with E-state index in [1.54, 1.807) is 35.1 Å². The molecule has 0 saturated heterocycles. The summed E-state index contributed by atoms with van der Waals surface area (Å²) in [6.45, 7) is 2.12. The van der Waals surface area contributed by atoms with Gasteiger partial charge in [-0.2, -0.15) is 0 Å². The van der Waals surface area contributed by atoms with Crippen molar-refractivity contribution in [1.29, 1.82) is 0 Å². The van der Waals surface area contributed by atoms with Crippen molar-refractivity contribution < 1.29 is 9.66 Å². The van der Waals surface area contributed by atoms with Crippen LogP contribution in [0.1, 0.15) is 11.1 Å². The molecule has 1 aromatic heterocycles. The minimum absolute atomic E-state index is 0.0467. The lowest BCUT2D eigenvalue weighted by atomic mass is 10.2. The molecule has 0 aliphatic heterocycles. The number of nitro benzene ring substituents is 1. The number of nitro groups is 1. The fraction of sp³-hybridized carbons (Fsp3) is 0.118. The van der Waals surface area contributed by atoms with Crippen LogP contribution in [-0.2, 0) is 6.61 Å². The Hall–Kier alpha value is -3.15. The molecule has 0 amide bonds. The van der Waals surface area contributed by atoms with Gasteiger partial charge in [-0.3, -0.25) is 10.1 Å². The van der Waals surface area contributed by atoms with Crippen molar-refractivity contribution in [2.75, 3.05) is 0 Å². The number of hydrogen-bond donors (Lipinski definition) is 0. The molecule has 1 heterocycles. The normalized spacial score (nSPS) is 10.5. The lowest BCUT2D eigenvalue weighted by Crippen LogP contribution is -2.01. The summed E-state index contributed by atoms with van der Waals surface area (Å²) in [6.07, 6.45) is 1.79. The fourth-order valence-corrected chi connectivity index (χ4v) is 2.19. The van der Waals surface area contributed by atoms with Crippen molar-refractivity contribution in [1.82, 2.24) is 9.78 Å². The van der Waals surface area contributed by atoms with Gasteiger partial charge >= 0.3 is 0 Å². The molecule has 0 bridgehead atoms. The van der Waals surface area contributed by atoms with Crippen LogP contribution in [0.4, 0.5) is 5.69 Å². The van der Waals surface area contributed by atoms with Gasteiger partial charge in [-0.15, -0.1) is 5.10 Å². The molecule has 0 unspecified atom stereocenters. The zero-order valence-electron chi connectivity index (χ0n) is 12.5. The Bertz CT molecular complexity index is 825.